The molecular formula is C12H12ClFN2O4S. The Morgan fingerprint density at radius 3 is 2.62 bits per heavy atom. The third kappa shape index (κ3) is 3.69. The second-order valence-electron chi connectivity index (χ2n) is 4.39. The molecule has 1 N–H and O–H groups in total. The van der Waals surface area contributed by atoms with Gasteiger partial charge in [-0.25, -0.2) is 17.6 Å². The van der Waals surface area contributed by atoms with Gasteiger partial charge in [-0.2, -0.15) is 9.57 Å². The Hall–Kier alpha value is -1.69. The first-order valence-electron chi connectivity index (χ1n) is 5.69. The number of carbonyl (C=O) groups is 1. The van der Waals surface area contributed by atoms with E-state index in [4.69, 9.17) is 22.0 Å². The normalized spacial score (nSPS) is 13.0. The van der Waals surface area contributed by atoms with Crippen LogP contribution in [0.5, 0.6) is 0 Å². The quantitative estimate of drug-likeness (QED) is 0.887. The smallest absolute Gasteiger partial charge is 0.337 e. The van der Waals surface area contributed by atoms with Crippen LogP contribution >= 0.6 is 11.6 Å². The molecule has 0 bridgehead atoms. The zero-order chi connectivity index (χ0) is 16.4. The molecule has 1 aromatic carbocycles. The van der Waals surface area contributed by atoms with Gasteiger partial charge in [-0.1, -0.05) is 11.6 Å². The average molecular weight is 335 g/mol. The van der Waals surface area contributed by atoms with Crippen molar-refractivity contribution in [3.63, 3.8) is 0 Å². The van der Waals surface area contributed by atoms with Gasteiger partial charge in [0, 0.05) is 13.6 Å². The molecule has 0 saturated carbocycles. The van der Waals surface area contributed by atoms with Gasteiger partial charge in [0.2, 0.25) is 10.0 Å². The number of benzene rings is 1. The predicted octanol–water partition coefficient (Wildman–Crippen LogP) is 1.96. The fourth-order valence-corrected chi connectivity index (χ4v) is 3.06. The lowest BCUT2D eigenvalue weighted by atomic mass is 10.2. The number of carboxylic acid groups (broad SMARTS) is 1. The van der Waals surface area contributed by atoms with E-state index >= 15 is 0 Å². The summed E-state index contributed by atoms with van der Waals surface area (Å²) in [5.41, 5.74) is -0.642. The predicted molar refractivity (Wildman–Crippen MR) is 73.0 cm³/mol. The molecule has 0 spiro atoms. The van der Waals surface area contributed by atoms with E-state index in [1.165, 1.54) is 14.0 Å². The van der Waals surface area contributed by atoms with Crippen LogP contribution in [0.1, 0.15) is 17.3 Å². The minimum Gasteiger partial charge on any atom is -0.478 e. The summed E-state index contributed by atoms with van der Waals surface area (Å²) in [6.07, 6.45) is 0. The fourth-order valence-electron chi connectivity index (χ4n) is 1.57. The lowest BCUT2D eigenvalue weighted by Gasteiger charge is -2.18. The molecule has 0 fully saturated rings. The van der Waals surface area contributed by atoms with Crippen molar-refractivity contribution >= 4 is 27.6 Å². The van der Waals surface area contributed by atoms with E-state index in [9.17, 15) is 17.6 Å². The van der Waals surface area contributed by atoms with Crippen LogP contribution in [-0.2, 0) is 10.0 Å². The van der Waals surface area contributed by atoms with Gasteiger partial charge < -0.3 is 5.11 Å². The van der Waals surface area contributed by atoms with Crippen molar-refractivity contribution in [2.75, 3.05) is 13.6 Å². The molecule has 0 aromatic heterocycles. The summed E-state index contributed by atoms with van der Waals surface area (Å²) in [4.78, 5) is 10.4. The van der Waals surface area contributed by atoms with Gasteiger partial charge in [0.25, 0.3) is 0 Å². The highest BCUT2D eigenvalue weighted by Gasteiger charge is 2.26. The van der Waals surface area contributed by atoms with Crippen LogP contribution in [0.25, 0.3) is 0 Å². The summed E-state index contributed by atoms with van der Waals surface area (Å²) in [5.74, 6) is -3.25. The topological polar surface area (TPSA) is 98.5 Å². The van der Waals surface area contributed by atoms with Crippen molar-refractivity contribution in [2.45, 2.75) is 11.8 Å². The minimum absolute atomic E-state index is 0.106. The maximum atomic E-state index is 13.6. The third-order valence-electron chi connectivity index (χ3n) is 2.69. The Kier molecular flexibility index (Phi) is 5.28. The molecule has 6 nitrogen and oxygen atoms in total. The Morgan fingerprint density at radius 1 is 1.57 bits per heavy atom. The van der Waals surface area contributed by atoms with Gasteiger partial charge >= 0.3 is 5.97 Å². The Morgan fingerprint density at radius 2 is 2.14 bits per heavy atom. The monoisotopic (exact) mass is 334 g/mol. The van der Waals surface area contributed by atoms with Crippen LogP contribution in [0.15, 0.2) is 17.0 Å². The molecule has 0 aliphatic heterocycles. The van der Waals surface area contributed by atoms with Crippen molar-refractivity contribution in [1.29, 1.82) is 5.26 Å². The lowest BCUT2D eigenvalue weighted by Crippen LogP contribution is -2.31. The molecule has 0 heterocycles. The molecule has 9 heteroatoms. The van der Waals surface area contributed by atoms with Gasteiger partial charge in [-0.05, 0) is 19.1 Å². The van der Waals surface area contributed by atoms with Gasteiger partial charge in [0.05, 0.1) is 27.5 Å². The van der Waals surface area contributed by atoms with E-state index in [0.717, 1.165) is 10.4 Å². The molecule has 0 amide bonds. The van der Waals surface area contributed by atoms with Crippen molar-refractivity contribution in [2.24, 2.45) is 5.92 Å². The maximum Gasteiger partial charge on any atom is 0.337 e. The van der Waals surface area contributed by atoms with Gasteiger partial charge in [-0.15, -0.1) is 0 Å². The molecule has 0 radical (unpaired) electrons. The molecule has 21 heavy (non-hydrogen) atoms. The van der Waals surface area contributed by atoms with Crippen LogP contribution in [0.3, 0.4) is 0 Å². The standard InChI is InChI=1S/C12H12ClFN2O4S/c1-7(5-15)6-16(2)21(19,20)8-3-9(12(17)18)11(13)10(14)4-8/h3-4,7H,6H2,1-2H3,(H,17,18). The summed E-state index contributed by atoms with van der Waals surface area (Å²) in [5, 5.41) is 16.9. The number of nitriles is 1. The molecule has 1 atom stereocenters. The average Bonchev–Trinajstić information content (AvgIpc) is 2.40. The minimum atomic E-state index is -4.12. The zero-order valence-electron chi connectivity index (χ0n) is 11.2. The molecule has 114 valence electrons. The highest BCUT2D eigenvalue weighted by atomic mass is 35.5. The number of hydrogen-bond acceptors (Lipinski definition) is 4. The Bertz CT molecular complexity index is 715. The van der Waals surface area contributed by atoms with Crippen LogP contribution in [0, 0.1) is 23.1 Å². The zero-order valence-corrected chi connectivity index (χ0v) is 12.7. The van der Waals surface area contributed by atoms with Crippen molar-refractivity contribution in [1.82, 2.24) is 4.31 Å². The van der Waals surface area contributed by atoms with Crippen LogP contribution in [0.4, 0.5) is 4.39 Å². The number of carboxylic acids is 1. The number of aromatic carboxylic acids is 1. The molecule has 0 aliphatic carbocycles. The Balaban J connectivity index is 3.33. The summed E-state index contributed by atoms with van der Waals surface area (Å²) in [6, 6.07) is 3.31. The van der Waals surface area contributed by atoms with Gasteiger partial charge in [0.15, 0.2) is 0 Å². The Labute approximate surface area is 126 Å². The summed E-state index contributed by atoms with van der Waals surface area (Å²) < 4.78 is 38.9. The van der Waals surface area contributed by atoms with Gasteiger partial charge in [-0.3, -0.25) is 0 Å². The number of rotatable bonds is 5. The maximum absolute atomic E-state index is 13.6. The van der Waals surface area contributed by atoms with E-state index in [1.54, 1.807) is 0 Å². The molecular weight excluding hydrogens is 323 g/mol. The number of hydrogen-bond donors (Lipinski definition) is 1. The molecule has 1 unspecified atom stereocenters. The first kappa shape index (κ1) is 17.4. The molecule has 1 aromatic rings. The largest absolute Gasteiger partial charge is 0.478 e. The summed E-state index contributed by atoms with van der Waals surface area (Å²) >= 11 is 5.49. The number of sulfonamides is 1. The highest BCUT2D eigenvalue weighted by molar-refractivity contribution is 7.89. The van der Waals surface area contributed by atoms with E-state index in [0.29, 0.717) is 6.07 Å². The van der Waals surface area contributed by atoms with Crippen LogP contribution in [-0.4, -0.2) is 37.4 Å². The van der Waals surface area contributed by atoms with E-state index in [-0.39, 0.29) is 6.54 Å². The van der Waals surface area contributed by atoms with Crippen molar-refractivity contribution in [3.8, 4) is 6.07 Å². The molecule has 0 aliphatic rings. The second kappa shape index (κ2) is 6.39. The second-order valence-corrected chi connectivity index (χ2v) is 6.81. The van der Waals surface area contributed by atoms with Crippen LogP contribution < -0.4 is 0 Å². The van der Waals surface area contributed by atoms with E-state index in [1.807, 2.05) is 6.07 Å². The first-order chi connectivity index (χ1) is 9.61. The number of nitrogens with zero attached hydrogens (tertiary/aromatic N) is 2. The fraction of sp³-hybridized carbons (Fsp3) is 0.333. The first-order valence-corrected chi connectivity index (χ1v) is 7.51. The number of halogens is 2. The van der Waals surface area contributed by atoms with Crippen molar-refractivity contribution < 1.29 is 22.7 Å². The SMILES string of the molecule is CC(C#N)CN(C)S(=O)(=O)c1cc(F)c(Cl)c(C(=O)O)c1. The van der Waals surface area contributed by atoms with Gasteiger partial charge in [0.1, 0.15) is 5.82 Å². The summed E-state index contributed by atoms with van der Waals surface area (Å²) in [6.45, 7) is 1.42. The van der Waals surface area contributed by atoms with E-state index in [2.05, 4.69) is 0 Å². The van der Waals surface area contributed by atoms with Crippen LogP contribution in [0.2, 0.25) is 5.02 Å². The van der Waals surface area contributed by atoms with E-state index < -0.39 is 43.2 Å². The third-order valence-corrected chi connectivity index (χ3v) is 4.88. The molecule has 1 rings (SSSR count). The highest BCUT2D eigenvalue weighted by Crippen LogP contribution is 2.26. The van der Waals surface area contributed by atoms with Crippen molar-refractivity contribution in [3.05, 3.63) is 28.5 Å². The molecule has 0 saturated heterocycles. The lowest BCUT2D eigenvalue weighted by molar-refractivity contribution is 0.0696. The summed E-state index contributed by atoms with van der Waals surface area (Å²) in [7, 11) is -2.90.